The Morgan fingerprint density at radius 2 is 2.24 bits per heavy atom. The lowest BCUT2D eigenvalue weighted by Gasteiger charge is -2.27. The Morgan fingerprint density at radius 3 is 2.90 bits per heavy atom. The molecule has 0 radical (unpaired) electrons. The van der Waals surface area contributed by atoms with Crippen molar-refractivity contribution >= 4 is 23.3 Å². The maximum atomic E-state index is 13.2. The number of methoxy groups -OCH3 is 1. The highest BCUT2D eigenvalue weighted by Crippen LogP contribution is 2.24. The molecule has 3 rings (SSSR count). The van der Waals surface area contributed by atoms with Gasteiger partial charge >= 0.3 is 6.03 Å². The highest BCUT2D eigenvalue weighted by Gasteiger charge is 2.26. The van der Waals surface area contributed by atoms with Crippen molar-refractivity contribution in [3.05, 3.63) is 52.2 Å². The van der Waals surface area contributed by atoms with E-state index in [9.17, 15) is 9.59 Å². The van der Waals surface area contributed by atoms with Gasteiger partial charge in [0, 0.05) is 24.6 Å². The van der Waals surface area contributed by atoms with Crippen LogP contribution in [-0.4, -0.2) is 43.2 Å². The van der Waals surface area contributed by atoms with Crippen LogP contribution in [0.4, 0.5) is 4.79 Å². The number of amides is 3. The lowest BCUT2D eigenvalue weighted by atomic mass is 10.1. The normalized spacial score (nSPS) is 16.9. The quantitative estimate of drug-likeness (QED) is 0.656. The lowest BCUT2D eigenvalue weighted by molar-refractivity contribution is -0.134. The second-order valence-corrected chi connectivity index (χ2v) is 8.02. The van der Waals surface area contributed by atoms with Crippen LogP contribution in [0.15, 0.2) is 41.8 Å². The fourth-order valence-electron chi connectivity index (χ4n) is 3.47. The largest absolute Gasteiger partial charge is 0.497 e. The molecule has 7 nitrogen and oxygen atoms in total. The molecule has 0 bridgehead atoms. The zero-order chi connectivity index (χ0) is 20.6. The van der Waals surface area contributed by atoms with E-state index in [1.165, 1.54) is 11.3 Å². The number of nitrogens with two attached hydrogens (primary N) is 1. The van der Waals surface area contributed by atoms with Gasteiger partial charge in [0.2, 0.25) is 5.91 Å². The van der Waals surface area contributed by atoms with E-state index in [1.54, 1.807) is 12.0 Å². The van der Waals surface area contributed by atoms with Crippen LogP contribution in [0.2, 0.25) is 0 Å². The third kappa shape index (κ3) is 6.20. The molecule has 1 saturated heterocycles. The smallest absolute Gasteiger partial charge is 0.312 e. The van der Waals surface area contributed by atoms with Gasteiger partial charge in [-0.15, -0.1) is 11.3 Å². The van der Waals surface area contributed by atoms with Crippen molar-refractivity contribution in [2.75, 3.05) is 20.3 Å². The molecule has 2 heterocycles. The SMILES string of the molecule is COc1cccc(CN(CC2CCCO2)C(=O)CC(NC(N)=O)c2cccs2)c1. The lowest BCUT2D eigenvalue weighted by Crippen LogP contribution is -2.40. The van der Waals surface area contributed by atoms with Gasteiger partial charge in [0.15, 0.2) is 0 Å². The Balaban J connectivity index is 1.75. The van der Waals surface area contributed by atoms with Crippen LogP contribution in [0.1, 0.15) is 35.7 Å². The number of nitrogens with one attached hydrogen (secondary N) is 1. The van der Waals surface area contributed by atoms with Gasteiger partial charge in [-0.05, 0) is 42.0 Å². The fraction of sp³-hybridized carbons (Fsp3) is 0.429. The summed E-state index contributed by atoms with van der Waals surface area (Å²) in [4.78, 5) is 27.4. The van der Waals surface area contributed by atoms with E-state index in [0.29, 0.717) is 13.1 Å². The number of primary amides is 1. The first-order valence-electron chi connectivity index (χ1n) is 9.67. The molecule has 3 amide bonds. The van der Waals surface area contributed by atoms with Crippen molar-refractivity contribution in [3.8, 4) is 5.75 Å². The minimum Gasteiger partial charge on any atom is -0.497 e. The van der Waals surface area contributed by atoms with Crippen LogP contribution in [0.3, 0.4) is 0 Å². The zero-order valence-electron chi connectivity index (χ0n) is 16.5. The molecule has 0 saturated carbocycles. The molecule has 0 aliphatic carbocycles. The number of carbonyl (C=O) groups excluding carboxylic acids is 2. The Kier molecular flexibility index (Phi) is 7.48. The second kappa shape index (κ2) is 10.3. The summed E-state index contributed by atoms with van der Waals surface area (Å²) in [7, 11) is 1.62. The number of hydrogen-bond donors (Lipinski definition) is 2. The molecule has 2 atom stereocenters. The molecule has 0 spiro atoms. The van der Waals surface area contributed by atoms with Gasteiger partial charge in [0.25, 0.3) is 0 Å². The van der Waals surface area contributed by atoms with E-state index in [2.05, 4.69) is 5.32 Å². The molecule has 8 heteroatoms. The van der Waals surface area contributed by atoms with Crippen molar-refractivity contribution < 1.29 is 19.1 Å². The number of hydrogen-bond acceptors (Lipinski definition) is 5. The number of carbonyl (C=O) groups is 2. The van der Waals surface area contributed by atoms with Crippen molar-refractivity contribution in [1.29, 1.82) is 0 Å². The van der Waals surface area contributed by atoms with Gasteiger partial charge in [0.05, 0.1) is 25.7 Å². The summed E-state index contributed by atoms with van der Waals surface area (Å²) < 4.78 is 11.1. The molecular weight excluding hydrogens is 390 g/mol. The van der Waals surface area contributed by atoms with E-state index in [1.807, 2.05) is 41.8 Å². The third-order valence-electron chi connectivity index (χ3n) is 4.89. The summed E-state index contributed by atoms with van der Waals surface area (Å²) in [5.74, 6) is 0.689. The summed E-state index contributed by atoms with van der Waals surface area (Å²) in [5, 5.41) is 4.61. The Hall–Kier alpha value is -2.58. The Morgan fingerprint density at radius 1 is 1.38 bits per heavy atom. The Bertz CT molecular complexity index is 806. The van der Waals surface area contributed by atoms with Crippen LogP contribution < -0.4 is 15.8 Å². The number of urea groups is 1. The standard InChI is InChI=1S/C21H27N3O4S/c1-27-16-6-2-5-15(11-16)13-24(14-17-7-3-9-28-17)20(25)12-18(23-21(22)26)19-8-4-10-29-19/h2,4-6,8,10-11,17-18H,3,7,9,12-14H2,1H3,(H3,22,23,26). The zero-order valence-corrected chi connectivity index (χ0v) is 17.3. The maximum absolute atomic E-state index is 13.2. The predicted molar refractivity (Wildman–Crippen MR) is 112 cm³/mol. The van der Waals surface area contributed by atoms with E-state index in [0.717, 1.165) is 35.6 Å². The number of rotatable bonds is 9. The molecule has 156 valence electrons. The monoisotopic (exact) mass is 417 g/mol. The summed E-state index contributed by atoms with van der Waals surface area (Å²) in [5.41, 5.74) is 6.31. The van der Waals surface area contributed by atoms with E-state index in [-0.39, 0.29) is 18.4 Å². The van der Waals surface area contributed by atoms with Gasteiger partial charge in [0.1, 0.15) is 5.75 Å². The summed E-state index contributed by atoms with van der Waals surface area (Å²) in [6.45, 7) is 1.69. The molecule has 1 aromatic heterocycles. The molecule has 1 aromatic carbocycles. The topological polar surface area (TPSA) is 93.9 Å². The van der Waals surface area contributed by atoms with Crippen molar-refractivity contribution in [3.63, 3.8) is 0 Å². The molecule has 2 aromatic rings. The van der Waals surface area contributed by atoms with Crippen LogP contribution >= 0.6 is 11.3 Å². The van der Waals surface area contributed by atoms with Gasteiger partial charge in [-0.1, -0.05) is 18.2 Å². The fourth-order valence-corrected chi connectivity index (χ4v) is 4.25. The van der Waals surface area contributed by atoms with E-state index < -0.39 is 12.1 Å². The first-order valence-corrected chi connectivity index (χ1v) is 10.5. The summed E-state index contributed by atoms with van der Waals surface area (Å²) >= 11 is 1.49. The molecular formula is C21H27N3O4S. The van der Waals surface area contributed by atoms with Gasteiger partial charge < -0.3 is 25.4 Å². The molecule has 1 aliphatic heterocycles. The van der Waals surface area contributed by atoms with Crippen LogP contribution in [0.5, 0.6) is 5.75 Å². The average Bonchev–Trinajstić information content (AvgIpc) is 3.41. The third-order valence-corrected chi connectivity index (χ3v) is 5.88. The van der Waals surface area contributed by atoms with Crippen molar-refractivity contribution in [2.24, 2.45) is 5.73 Å². The molecule has 1 fully saturated rings. The van der Waals surface area contributed by atoms with Gasteiger partial charge in [-0.25, -0.2) is 4.79 Å². The number of ether oxygens (including phenoxy) is 2. The minimum atomic E-state index is -0.644. The van der Waals surface area contributed by atoms with E-state index in [4.69, 9.17) is 15.2 Å². The molecule has 3 N–H and O–H groups in total. The van der Waals surface area contributed by atoms with Crippen molar-refractivity contribution in [2.45, 2.75) is 38.0 Å². The molecule has 2 unspecified atom stereocenters. The average molecular weight is 418 g/mol. The van der Waals surface area contributed by atoms with Gasteiger partial charge in [-0.3, -0.25) is 4.79 Å². The minimum absolute atomic E-state index is 0.0360. The number of thiophene rings is 1. The van der Waals surface area contributed by atoms with Crippen LogP contribution in [0.25, 0.3) is 0 Å². The van der Waals surface area contributed by atoms with Gasteiger partial charge in [-0.2, -0.15) is 0 Å². The second-order valence-electron chi connectivity index (χ2n) is 7.04. The molecule has 1 aliphatic rings. The first kappa shape index (κ1) is 21.1. The van der Waals surface area contributed by atoms with Crippen LogP contribution in [-0.2, 0) is 16.1 Å². The summed E-state index contributed by atoms with van der Waals surface area (Å²) in [6.07, 6.45) is 2.12. The highest BCUT2D eigenvalue weighted by molar-refractivity contribution is 7.10. The van der Waals surface area contributed by atoms with Crippen LogP contribution in [0, 0.1) is 0 Å². The van der Waals surface area contributed by atoms with Crippen molar-refractivity contribution in [1.82, 2.24) is 10.2 Å². The summed E-state index contributed by atoms with van der Waals surface area (Å²) in [6, 6.07) is 10.4. The number of nitrogens with zero attached hydrogens (tertiary/aromatic N) is 1. The van der Waals surface area contributed by atoms with E-state index >= 15 is 0 Å². The maximum Gasteiger partial charge on any atom is 0.312 e. The first-order chi connectivity index (χ1) is 14.0. The highest BCUT2D eigenvalue weighted by atomic mass is 32.1. The number of benzene rings is 1. The molecule has 29 heavy (non-hydrogen) atoms. The predicted octanol–water partition coefficient (Wildman–Crippen LogP) is 3.06. The Labute approximate surface area is 174 Å².